The van der Waals surface area contributed by atoms with Crippen molar-refractivity contribution in [1.29, 1.82) is 0 Å². The highest BCUT2D eigenvalue weighted by atomic mass is 35.5. The molecule has 0 spiro atoms. The van der Waals surface area contributed by atoms with Gasteiger partial charge in [-0.05, 0) is 63.6 Å². The molecule has 10 heteroatoms. The number of likely N-dealkylation sites (tertiary alicyclic amines) is 1. The van der Waals surface area contributed by atoms with Gasteiger partial charge in [-0.2, -0.15) is 0 Å². The lowest BCUT2D eigenvalue weighted by atomic mass is 9.93. The normalized spacial score (nSPS) is 18.8. The number of imidazole rings is 1. The third kappa shape index (κ3) is 6.59. The molecule has 0 aromatic carbocycles. The average molecular weight is 538 g/mol. The smallest absolute Gasteiger partial charge is 0.331 e. The maximum absolute atomic E-state index is 11.4. The van der Waals surface area contributed by atoms with Crippen molar-refractivity contribution in [2.45, 2.75) is 57.9 Å². The van der Waals surface area contributed by atoms with Crippen LogP contribution in [0.5, 0.6) is 5.88 Å². The van der Waals surface area contributed by atoms with Crippen LogP contribution in [0.15, 0.2) is 48.3 Å². The second-order valence-corrected chi connectivity index (χ2v) is 10.3. The first-order valence-corrected chi connectivity index (χ1v) is 13.3. The Kier molecular flexibility index (Phi) is 8.36. The Labute approximate surface area is 227 Å². The van der Waals surface area contributed by atoms with Gasteiger partial charge in [-0.25, -0.2) is 14.8 Å². The standard InChI is InChI=1S/C28H32ClN5O4/c1-19(28(35)36)13-23-15-31-26(34(23)16-24-9-12-37-24)17-33-10-7-20(8-11-33)25-3-2-4-27(32-25)38-18-22-6-5-21(29)14-30-22/h2-6,13-15,20,24H,7-12,16-18H2,1H3,(H,35,36). The van der Waals surface area contributed by atoms with Gasteiger partial charge in [0.1, 0.15) is 12.4 Å². The van der Waals surface area contributed by atoms with Crippen molar-refractivity contribution in [3.05, 3.63) is 76.2 Å². The maximum atomic E-state index is 11.4. The number of rotatable bonds is 10. The lowest BCUT2D eigenvalue weighted by Crippen LogP contribution is -2.35. The van der Waals surface area contributed by atoms with E-state index >= 15 is 0 Å². The maximum Gasteiger partial charge on any atom is 0.331 e. The monoisotopic (exact) mass is 537 g/mol. The fourth-order valence-corrected chi connectivity index (χ4v) is 4.87. The van der Waals surface area contributed by atoms with Gasteiger partial charge in [-0.3, -0.25) is 9.88 Å². The largest absolute Gasteiger partial charge is 0.478 e. The molecule has 9 nitrogen and oxygen atoms in total. The van der Waals surface area contributed by atoms with Crippen LogP contribution in [0.25, 0.3) is 6.08 Å². The van der Waals surface area contributed by atoms with Gasteiger partial charge >= 0.3 is 5.97 Å². The molecule has 1 N–H and O–H groups in total. The highest BCUT2D eigenvalue weighted by Gasteiger charge is 2.25. The molecular weight excluding hydrogens is 506 g/mol. The molecule has 1 atom stereocenters. The van der Waals surface area contributed by atoms with E-state index in [0.717, 1.165) is 61.9 Å². The molecule has 2 aliphatic heterocycles. The lowest BCUT2D eigenvalue weighted by molar-refractivity contribution is -0.132. The highest BCUT2D eigenvalue weighted by molar-refractivity contribution is 6.30. The number of carboxylic acids is 1. The molecule has 0 radical (unpaired) electrons. The van der Waals surface area contributed by atoms with Crippen molar-refractivity contribution in [2.24, 2.45) is 0 Å². The van der Waals surface area contributed by atoms with Crippen molar-refractivity contribution in [2.75, 3.05) is 19.7 Å². The molecule has 3 aromatic rings. The number of hydrogen-bond donors (Lipinski definition) is 1. The van der Waals surface area contributed by atoms with Crippen LogP contribution >= 0.6 is 11.6 Å². The van der Waals surface area contributed by atoms with Gasteiger partial charge in [0.05, 0.1) is 41.8 Å². The Morgan fingerprint density at radius 3 is 2.68 bits per heavy atom. The zero-order valence-electron chi connectivity index (χ0n) is 21.4. The van der Waals surface area contributed by atoms with Crippen LogP contribution in [0.4, 0.5) is 0 Å². The van der Waals surface area contributed by atoms with E-state index in [2.05, 4.69) is 25.5 Å². The Hall–Kier alpha value is -3.27. The number of hydrogen-bond acceptors (Lipinski definition) is 7. The second kappa shape index (κ2) is 12.1. The zero-order valence-corrected chi connectivity index (χ0v) is 22.2. The second-order valence-electron chi connectivity index (χ2n) is 9.83. The van der Waals surface area contributed by atoms with Gasteiger partial charge in [0, 0.05) is 36.1 Å². The molecule has 5 heterocycles. The average Bonchev–Trinajstić information content (AvgIpc) is 3.26. The third-order valence-corrected chi connectivity index (χ3v) is 7.35. The van der Waals surface area contributed by atoms with E-state index in [9.17, 15) is 9.90 Å². The Morgan fingerprint density at radius 2 is 2.00 bits per heavy atom. The van der Waals surface area contributed by atoms with E-state index in [-0.39, 0.29) is 11.7 Å². The van der Waals surface area contributed by atoms with E-state index in [1.165, 1.54) is 0 Å². The lowest BCUT2D eigenvalue weighted by Gasteiger charge is -2.32. The van der Waals surface area contributed by atoms with Gasteiger partial charge in [-0.15, -0.1) is 0 Å². The van der Waals surface area contributed by atoms with Crippen molar-refractivity contribution in [3.63, 3.8) is 0 Å². The van der Waals surface area contributed by atoms with Crippen LogP contribution in [-0.4, -0.2) is 61.3 Å². The number of aromatic nitrogens is 4. The number of carbonyl (C=O) groups is 1. The third-order valence-electron chi connectivity index (χ3n) is 7.12. The SMILES string of the molecule is CC(=Cc1cnc(CN2CCC(c3cccc(OCc4ccc(Cl)cn4)n3)CC2)n1CC1CCO1)C(=O)O. The number of aliphatic carboxylic acids is 1. The minimum Gasteiger partial charge on any atom is -0.478 e. The Balaban J connectivity index is 1.19. The molecule has 0 amide bonds. The molecule has 200 valence electrons. The van der Waals surface area contributed by atoms with E-state index in [1.807, 2.05) is 18.2 Å². The zero-order chi connectivity index (χ0) is 26.5. The molecule has 0 saturated carbocycles. The van der Waals surface area contributed by atoms with Crippen molar-refractivity contribution in [1.82, 2.24) is 24.4 Å². The van der Waals surface area contributed by atoms with E-state index < -0.39 is 5.97 Å². The molecule has 5 rings (SSSR count). The van der Waals surface area contributed by atoms with Crippen LogP contribution in [-0.2, 0) is 29.2 Å². The first kappa shape index (κ1) is 26.3. The van der Waals surface area contributed by atoms with Crippen LogP contribution < -0.4 is 4.74 Å². The fraction of sp³-hybridized carbons (Fsp3) is 0.429. The molecule has 38 heavy (non-hydrogen) atoms. The molecular formula is C28H32ClN5O4. The summed E-state index contributed by atoms with van der Waals surface area (Å²) >= 11 is 5.91. The van der Waals surface area contributed by atoms with Crippen molar-refractivity contribution >= 4 is 23.6 Å². The first-order chi connectivity index (χ1) is 18.4. The van der Waals surface area contributed by atoms with Crippen LogP contribution in [0.1, 0.15) is 55.0 Å². The molecule has 0 bridgehead atoms. The number of ether oxygens (including phenoxy) is 2. The summed E-state index contributed by atoms with van der Waals surface area (Å²) in [6.07, 6.45) is 8.21. The van der Waals surface area contributed by atoms with Crippen LogP contribution in [0.3, 0.4) is 0 Å². The highest BCUT2D eigenvalue weighted by Crippen LogP contribution is 2.29. The predicted octanol–water partition coefficient (Wildman–Crippen LogP) is 4.56. The molecule has 2 saturated heterocycles. The molecule has 0 aliphatic carbocycles. The van der Waals surface area contributed by atoms with Gasteiger partial charge in [-0.1, -0.05) is 17.7 Å². The summed E-state index contributed by atoms with van der Waals surface area (Å²) in [6.45, 7) is 5.98. The van der Waals surface area contributed by atoms with Gasteiger partial charge in [0.15, 0.2) is 0 Å². The van der Waals surface area contributed by atoms with Crippen molar-refractivity contribution in [3.8, 4) is 5.88 Å². The predicted molar refractivity (Wildman–Crippen MR) is 143 cm³/mol. The number of pyridine rings is 2. The fourth-order valence-electron chi connectivity index (χ4n) is 4.76. The summed E-state index contributed by atoms with van der Waals surface area (Å²) in [5.74, 6) is 0.973. The summed E-state index contributed by atoms with van der Waals surface area (Å²) in [5.41, 5.74) is 2.94. The minimum absolute atomic E-state index is 0.155. The van der Waals surface area contributed by atoms with Gasteiger partial charge < -0.3 is 19.1 Å². The van der Waals surface area contributed by atoms with E-state index in [1.54, 1.807) is 31.5 Å². The summed E-state index contributed by atoms with van der Waals surface area (Å²) in [7, 11) is 0. The Morgan fingerprint density at radius 1 is 1.18 bits per heavy atom. The number of halogens is 1. The molecule has 2 fully saturated rings. The number of nitrogens with zero attached hydrogens (tertiary/aromatic N) is 5. The molecule has 1 unspecified atom stereocenters. The number of carboxylic acid groups (broad SMARTS) is 1. The van der Waals surface area contributed by atoms with Gasteiger partial charge in [0.25, 0.3) is 0 Å². The molecule has 3 aromatic heterocycles. The van der Waals surface area contributed by atoms with Gasteiger partial charge in [0.2, 0.25) is 5.88 Å². The summed E-state index contributed by atoms with van der Waals surface area (Å²) in [5, 5.41) is 9.92. The summed E-state index contributed by atoms with van der Waals surface area (Å²) in [6, 6.07) is 9.58. The first-order valence-electron chi connectivity index (χ1n) is 12.9. The van der Waals surface area contributed by atoms with E-state index in [0.29, 0.717) is 36.5 Å². The minimum atomic E-state index is -0.925. The summed E-state index contributed by atoms with van der Waals surface area (Å²) < 4.78 is 13.6. The Bertz CT molecular complexity index is 1280. The number of piperidine rings is 1. The van der Waals surface area contributed by atoms with Crippen molar-refractivity contribution < 1.29 is 19.4 Å². The topological polar surface area (TPSA) is 103 Å². The quantitative estimate of drug-likeness (QED) is 0.375. The summed E-state index contributed by atoms with van der Waals surface area (Å²) in [4.78, 5) is 27.5. The van der Waals surface area contributed by atoms with E-state index in [4.69, 9.17) is 26.1 Å². The van der Waals surface area contributed by atoms with Crippen LogP contribution in [0, 0.1) is 0 Å². The molecule has 2 aliphatic rings. The van der Waals surface area contributed by atoms with Crippen LogP contribution in [0.2, 0.25) is 5.02 Å².